The molecule has 4 aromatic rings. The van der Waals surface area contributed by atoms with Crippen LogP contribution in [0, 0.1) is 11.3 Å². The Labute approximate surface area is 355 Å². The number of amides is 1. The first-order valence-electron chi connectivity index (χ1n) is 21.1. The van der Waals surface area contributed by atoms with Crippen molar-refractivity contribution in [3.8, 4) is 5.75 Å². The zero-order valence-corrected chi connectivity index (χ0v) is 35.8. The highest BCUT2D eigenvalue weighted by Crippen LogP contribution is 2.55. The average molecular weight is 835 g/mol. The van der Waals surface area contributed by atoms with Gasteiger partial charge in [0, 0.05) is 48.5 Å². The van der Waals surface area contributed by atoms with Crippen LogP contribution in [-0.2, 0) is 42.7 Å². The largest absolute Gasteiger partial charge is 0.482 e. The van der Waals surface area contributed by atoms with Crippen LogP contribution in [-0.4, -0.2) is 78.9 Å². The third-order valence-corrected chi connectivity index (χ3v) is 15.6. The summed E-state index contributed by atoms with van der Waals surface area (Å²) in [6, 6.07) is 36.0. The second-order valence-corrected chi connectivity index (χ2v) is 19.6. The number of carbonyl (C=O) groups is 2. The minimum atomic E-state index is -3.63. The molecule has 3 fully saturated rings. The first kappa shape index (κ1) is 43.1. The first-order chi connectivity index (χ1) is 28.8. The molecule has 1 amide bonds. The molecular formula is C49H58N2O8S. The molecule has 3 aliphatic heterocycles. The van der Waals surface area contributed by atoms with Crippen molar-refractivity contribution in [2.75, 3.05) is 32.8 Å². The van der Waals surface area contributed by atoms with Crippen LogP contribution in [0.25, 0.3) is 0 Å². The molecule has 0 bridgehead atoms. The highest BCUT2D eigenvalue weighted by atomic mass is 32.2. The fourth-order valence-electron chi connectivity index (χ4n) is 9.43. The summed E-state index contributed by atoms with van der Waals surface area (Å²) in [4.78, 5) is 26.2. The fraction of sp³-hybridized carbons (Fsp3) is 0.429. The van der Waals surface area contributed by atoms with E-state index >= 15 is 0 Å². The Morgan fingerprint density at radius 3 is 2.05 bits per heavy atom. The third-order valence-electron chi connectivity index (χ3n) is 13.2. The number of aliphatic carboxylic acids is 1. The molecule has 3 aliphatic rings. The Morgan fingerprint density at radius 1 is 0.850 bits per heavy atom. The normalized spacial score (nSPS) is 21.3. The number of hydrogen-bond acceptors (Lipinski definition) is 7. The van der Waals surface area contributed by atoms with E-state index in [1.807, 2.05) is 85.8 Å². The molecular weight excluding hydrogens is 777 g/mol. The molecule has 60 heavy (non-hydrogen) atoms. The van der Waals surface area contributed by atoms with E-state index in [2.05, 4.69) is 50.8 Å². The third kappa shape index (κ3) is 9.48. The summed E-state index contributed by atoms with van der Waals surface area (Å²) in [6.07, 6.45) is 2.14. The number of carboxylic acids is 1. The summed E-state index contributed by atoms with van der Waals surface area (Å²) in [5, 5.41) is 9.06. The summed E-state index contributed by atoms with van der Waals surface area (Å²) in [5.41, 5.74) is 5.22. The average Bonchev–Trinajstić information content (AvgIpc) is 3.26. The highest BCUT2D eigenvalue weighted by molar-refractivity contribution is 7.89. The molecule has 3 saturated heterocycles. The van der Waals surface area contributed by atoms with Crippen LogP contribution in [0.3, 0.4) is 0 Å². The summed E-state index contributed by atoms with van der Waals surface area (Å²) >= 11 is 0. The van der Waals surface area contributed by atoms with Crippen molar-refractivity contribution >= 4 is 22.1 Å². The number of ether oxygens (including phenoxy) is 3. The molecule has 11 heteroatoms. The van der Waals surface area contributed by atoms with E-state index in [0.29, 0.717) is 64.0 Å². The maximum absolute atomic E-state index is 14.2. The van der Waals surface area contributed by atoms with Crippen LogP contribution in [0.15, 0.2) is 121 Å². The minimum Gasteiger partial charge on any atom is -0.482 e. The Bertz CT molecular complexity index is 2220. The lowest BCUT2D eigenvalue weighted by atomic mass is 9.63. The van der Waals surface area contributed by atoms with E-state index in [9.17, 15) is 23.1 Å². The van der Waals surface area contributed by atoms with Gasteiger partial charge in [-0.25, -0.2) is 22.3 Å². The molecule has 3 heterocycles. The minimum absolute atomic E-state index is 0.145. The van der Waals surface area contributed by atoms with E-state index in [0.717, 1.165) is 39.8 Å². The van der Waals surface area contributed by atoms with Crippen LogP contribution < -0.4 is 4.74 Å². The van der Waals surface area contributed by atoms with E-state index in [1.165, 1.54) is 0 Å². The van der Waals surface area contributed by atoms with Gasteiger partial charge in [-0.05, 0) is 79.8 Å². The standard InChI is InChI=1S/C49H58N2O8S/c1-35(2)42-32-49(24-28-51(29-25-49)60(55,56)40-22-26-50(27-23-40)47(54)58-33-37-16-10-6-11-17-37)44(30-36-14-8-5-9-15-36)59-46(42)41-31-39(20-21-43(41)57-34-45(52)53)48(3,4)38-18-12-7-13-19-38/h5-21,31,40,42,44,46H,1,22-30,32-34H2,2-4H3,(H,52,53)/t42-,44+,46-/m0/s1. The maximum Gasteiger partial charge on any atom is 0.410 e. The van der Waals surface area contributed by atoms with Crippen molar-refractivity contribution < 1.29 is 37.3 Å². The van der Waals surface area contributed by atoms with Crippen LogP contribution in [0.1, 0.15) is 86.8 Å². The number of likely N-dealkylation sites (tertiary alicyclic amines) is 1. The summed E-state index contributed by atoms with van der Waals surface area (Å²) < 4.78 is 49.0. The van der Waals surface area contributed by atoms with Gasteiger partial charge < -0.3 is 24.2 Å². The van der Waals surface area contributed by atoms with Crippen molar-refractivity contribution in [1.29, 1.82) is 0 Å². The van der Waals surface area contributed by atoms with Gasteiger partial charge in [-0.15, -0.1) is 0 Å². The Kier molecular flexibility index (Phi) is 13.2. The molecule has 0 saturated carbocycles. The number of piperidine rings is 2. The number of carboxylic acid groups (broad SMARTS) is 1. The maximum atomic E-state index is 14.2. The molecule has 10 nitrogen and oxygen atoms in total. The number of sulfonamides is 1. The number of hydrogen-bond donors (Lipinski definition) is 1. The second kappa shape index (κ2) is 18.3. The monoisotopic (exact) mass is 834 g/mol. The topological polar surface area (TPSA) is 123 Å². The van der Waals surface area contributed by atoms with Gasteiger partial charge in [-0.3, -0.25) is 0 Å². The van der Waals surface area contributed by atoms with Crippen LogP contribution >= 0.6 is 0 Å². The second-order valence-electron chi connectivity index (χ2n) is 17.4. The summed E-state index contributed by atoms with van der Waals surface area (Å²) in [6.45, 7) is 11.9. The number of nitrogens with zero attached hydrogens (tertiary/aromatic N) is 2. The van der Waals surface area contributed by atoms with Gasteiger partial charge in [-0.2, -0.15) is 0 Å². The summed E-state index contributed by atoms with van der Waals surface area (Å²) in [7, 11) is -3.63. The molecule has 1 N–H and O–H groups in total. The van der Waals surface area contributed by atoms with Crippen molar-refractivity contribution in [2.24, 2.45) is 11.3 Å². The smallest absolute Gasteiger partial charge is 0.410 e. The van der Waals surface area contributed by atoms with E-state index in [1.54, 1.807) is 9.21 Å². The zero-order valence-electron chi connectivity index (χ0n) is 35.0. The van der Waals surface area contributed by atoms with Crippen molar-refractivity contribution in [2.45, 2.75) is 88.8 Å². The molecule has 0 radical (unpaired) electrons. The van der Waals surface area contributed by atoms with Gasteiger partial charge in [0.2, 0.25) is 10.0 Å². The van der Waals surface area contributed by atoms with Crippen LogP contribution in [0.5, 0.6) is 5.75 Å². The molecule has 3 atom stereocenters. The van der Waals surface area contributed by atoms with Gasteiger partial charge in [0.05, 0.1) is 17.5 Å². The zero-order chi connectivity index (χ0) is 42.5. The molecule has 4 aromatic carbocycles. The van der Waals surface area contributed by atoms with E-state index in [-0.39, 0.29) is 29.5 Å². The Balaban J connectivity index is 1.12. The van der Waals surface area contributed by atoms with Crippen LogP contribution in [0.2, 0.25) is 0 Å². The quantitative estimate of drug-likeness (QED) is 0.133. The van der Waals surface area contributed by atoms with Gasteiger partial charge in [-0.1, -0.05) is 123 Å². The Hall–Kier alpha value is -4.97. The number of carbonyl (C=O) groups excluding carboxylic acids is 1. The lowest BCUT2D eigenvalue weighted by molar-refractivity contribution is -0.166. The van der Waals surface area contributed by atoms with Crippen molar-refractivity contribution in [3.05, 3.63) is 149 Å². The molecule has 0 aliphatic carbocycles. The Morgan fingerprint density at radius 2 is 1.45 bits per heavy atom. The number of rotatable bonds is 13. The molecule has 1 spiro atoms. The van der Waals surface area contributed by atoms with Gasteiger partial charge >= 0.3 is 12.1 Å². The van der Waals surface area contributed by atoms with Gasteiger partial charge in [0.25, 0.3) is 0 Å². The SMILES string of the molecule is C=C(C)[C@@H]1CC2(CCN(S(=O)(=O)C3CCN(C(=O)OCc4ccccc4)CC3)CC2)[C@@H](Cc2ccccc2)O[C@H]1c1cc(C(C)(C)c2ccccc2)ccc1OCC(=O)O. The van der Waals surface area contributed by atoms with Gasteiger partial charge in [0.15, 0.2) is 6.61 Å². The van der Waals surface area contributed by atoms with Crippen molar-refractivity contribution in [1.82, 2.24) is 9.21 Å². The molecule has 0 aromatic heterocycles. The predicted molar refractivity (Wildman–Crippen MR) is 232 cm³/mol. The lowest BCUT2D eigenvalue weighted by Crippen LogP contribution is -2.55. The highest BCUT2D eigenvalue weighted by Gasteiger charge is 2.52. The predicted octanol–water partition coefficient (Wildman–Crippen LogP) is 8.95. The van der Waals surface area contributed by atoms with Crippen LogP contribution in [0.4, 0.5) is 4.79 Å². The summed E-state index contributed by atoms with van der Waals surface area (Å²) in [5.74, 6) is -0.745. The van der Waals surface area contributed by atoms with Gasteiger partial charge in [0.1, 0.15) is 12.4 Å². The molecule has 7 rings (SSSR count). The number of benzene rings is 4. The fourth-order valence-corrected chi connectivity index (χ4v) is 11.3. The lowest BCUT2D eigenvalue weighted by Gasteiger charge is -2.54. The first-order valence-corrected chi connectivity index (χ1v) is 22.6. The van der Waals surface area contributed by atoms with E-state index < -0.39 is 40.0 Å². The van der Waals surface area contributed by atoms with E-state index in [4.69, 9.17) is 14.2 Å². The molecule has 0 unspecified atom stereocenters. The van der Waals surface area contributed by atoms with Crippen molar-refractivity contribution in [3.63, 3.8) is 0 Å². The molecule has 318 valence electrons.